The van der Waals surface area contributed by atoms with Crippen LogP contribution in [0, 0.1) is 17.7 Å². The van der Waals surface area contributed by atoms with Crippen molar-refractivity contribution < 1.29 is 28.4 Å². The zero-order valence-electron chi connectivity index (χ0n) is 20.2. The van der Waals surface area contributed by atoms with Gasteiger partial charge in [-0.15, -0.1) is 0 Å². The van der Waals surface area contributed by atoms with E-state index in [1.165, 1.54) is 18.2 Å². The van der Waals surface area contributed by atoms with Crippen molar-refractivity contribution in [3.8, 4) is 0 Å². The van der Waals surface area contributed by atoms with E-state index in [9.17, 15) is 28.4 Å². The highest BCUT2D eigenvalue weighted by molar-refractivity contribution is 6.38. The molecule has 1 saturated heterocycles. The Hall–Kier alpha value is -3.27. The molecule has 0 radical (unpaired) electrons. The van der Waals surface area contributed by atoms with E-state index in [1.807, 2.05) is 0 Å². The van der Waals surface area contributed by atoms with E-state index in [4.69, 9.17) is 11.6 Å². The predicted molar refractivity (Wildman–Crippen MR) is 134 cm³/mol. The Morgan fingerprint density at radius 1 is 1.05 bits per heavy atom. The molecule has 1 unspecified atom stereocenters. The van der Waals surface area contributed by atoms with Gasteiger partial charge >= 0.3 is 0 Å². The minimum Gasteiger partial charge on any atom is -0.356 e. The van der Waals surface area contributed by atoms with Crippen molar-refractivity contribution in [2.75, 3.05) is 6.54 Å². The van der Waals surface area contributed by atoms with E-state index in [0.29, 0.717) is 19.4 Å². The molecule has 1 aromatic carbocycles. The number of rotatable bonds is 12. The smallest absolute Gasteiger partial charge is 0.289 e. The third-order valence-electron chi connectivity index (χ3n) is 6.73. The molecule has 1 aliphatic heterocycles. The molecule has 2 aliphatic carbocycles. The number of amides is 4. The van der Waals surface area contributed by atoms with Gasteiger partial charge in [0.25, 0.3) is 5.91 Å². The summed E-state index contributed by atoms with van der Waals surface area (Å²) in [5.41, 5.74) is 0.157. The van der Waals surface area contributed by atoms with Crippen LogP contribution < -0.4 is 21.3 Å². The second kappa shape index (κ2) is 11.9. The molecular weight excluding hydrogens is 503 g/mol. The summed E-state index contributed by atoms with van der Waals surface area (Å²) in [5.74, 6) is -3.89. The van der Waals surface area contributed by atoms with E-state index in [-0.39, 0.29) is 34.9 Å². The Labute approximate surface area is 218 Å². The highest BCUT2D eigenvalue weighted by Crippen LogP contribution is 2.33. The number of ketones is 1. The number of carbonyl (C=O) groups is 5. The molecule has 2 saturated carbocycles. The first-order valence-electron chi connectivity index (χ1n) is 12.6. The summed E-state index contributed by atoms with van der Waals surface area (Å²) in [6, 6.07) is 1.85. The minimum atomic E-state index is -1.20. The summed E-state index contributed by atoms with van der Waals surface area (Å²) in [7, 11) is 0. The third-order valence-corrected chi connectivity index (χ3v) is 6.96. The molecule has 4 amide bonds. The van der Waals surface area contributed by atoms with E-state index in [1.54, 1.807) is 0 Å². The lowest BCUT2D eigenvalue weighted by molar-refractivity contribution is -0.141. The van der Waals surface area contributed by atoms with Gasteiger partial charge in [0.1, 0.15) is 11.9 Å². The summed E-state index contributed by atoms with van der Waals surface area (Å²) in [6.07, 6.45) is 6.67. The van der Waals surface area contributed by atoms with Crippen LogP contribution in [-0.4, -0.2) is 54.1 Å². The lowest BCUT2D eigenvalue weighted by atomic mass is 9.95. The predicted octanol–water partition coefficient (Wildman–Crippen LogP) is 1.64. The van der Waals surface area contributed by atoms with Gasteiger partial charge in [0.2, 0.25) is 23.5 Å². The maximum atomic E-state index is 14.0. The molecule has 0 bridgehead atoms. The van der Waals surface area contributed by atoms with Crippen LogP contribution in [0.1, 0.15) is 50.5 Å². The van der Waals surface area contributed by atoms with Crippen LogP contribution >= 0.6 is 11.6 Å². The van der Waals surface area contributed by atoms with Crippen molar-refractivity contribution in [2.24, 2.45) is 11.8 Å². The van der Waals surface area contributed by atoms with E-state index >= 15 is 0 Å². The molecule has 9 nitrogen and oxygen atoms in total. The third kappa shape index (κ3) is 7.85. The van der Waals surface area contributed by atoms with Crippen LogP contribution in [0.3, 0.4) is 0 Å². The van der Waals surface area contributed by atoms with Gasteiger partial charge in [-0.3, -0.25) is 24.0 Å². The molecule has 4 N–H and O–H groups in total. The zero-order valence-corrected chi connectivity index (χ0v) is 21.0. The highest BCUT2D eigenvalue weighted by atomic mass is 35.5. The lowest BCUT2D eigenvalue weighted by Crippen LogP contribution is -2.54. The van der Waals surface area contributed by atoms with Crippen molar-refractivity contribution in [1.29, 1.82) is 0 Å². The van der Waals surface area contributed by atoms with E-state index < -0.39 is 47.3 Å². The fourth-order valence-electron chi connectivity index (χ4n) is 4.24. The first-order valence-corrected chi connectivity index (χ1v) is 12.9. The lowest BCUT2D eigenvalue weighted by Gasteiger charge is -2.23. The second-order valence-corrected chi connectivity index (χ2v) is 10.4. The first kappa shape index (κ1) is 26.8. The minimum absolute atomic E-state index is 0.00562. The Balaban J connectivity index is 1.43. The van der Waals surface area contributed by atoms with Crippen LogP contribution in [-0.2, 0) is 24.0 Å². The SMILES string of the molecule is O=C(/C=C/c1ccc(Cl)cc1F)N[C@@H](CC1CC1)C(=O)NC(C[C@@H]1CCNC1=O)C(=O)C(=O)NC1CC1. The largest absolute Gasteiger partial charge is 0.356 e. The van der Waals surface area contributed by atoms with Crippen molar-refractivity contribution in [1.82, 2.24) is 21.3 Å². The topological polar surface area (TPSA) is 133 Å². The van der Waals surface area contributed by atoms with Crippen LogP contribution in [0.4, 0.5) is 4.39 Å². The normalized spacial score (nSPS) is 20.7. The average Bonchev–Trinajstić information content (AvgIpc) is 3.78. The summed E-state index contributed by atoms with van der Waals surface area (Å²) < 4.78 is 14.0. The molecule has 3 fully saturated rings. The fourth-order valence-corrected chi connectivity index (χ4v) is 4.40. The van der Waals surface area contributed by atoms with Crippen LogP contribution in [0.15, 0.2) is 24.3 Å². The summed E-state index contributed by atoms with van der Waals surface area (Å²) >= 11 is 5.75. The van der Waals surface area contributed by atoms with Gasteiger partial charge in [-0.05, 0) is 56.2 Å². The molecule has 198 valence electrons. The van der Waals surface area contributed by atoms with Crippen LogP contribution in [0.5, 0.6) is 0 Å². The molecular formula is C26H30ClFN4O5. The highest BCUT2D eigenvalue weighted by Gasteiger charge is 2.38. The molecule has 3 aliphatic rings. The quantitative estimate of drug-likeness (QED) is 0.240. The first-order chi connectivity index (χ1) is 17.7. The maximum absolute atomic E-state index is 14.0. The van der Waals surface area contributed by atoms with Gasteiger partial charge in [0, 0.05) is 35.2 Å². The van der Waals surface area contributed by atoms with Gasteiger partial charge in [-0.1, -0.05) is 30.5 Å². The zero-order chi connectivity index (χ0) is 26.5. The molecule has 1 aromatic rings. The van der Waals surface area contributed by atoms with Gasteiger partial charge in [0.15, 0.2) is 0 Å². The van der Waals surface area contributed by atoms with Crippen molar-refractivity contribution in [3.05, 3.63) is 40.7 Å². The number of hydrogen-bond acceptors (Lipinski definition) is 5. The number of nitrogens with one attached hydrogen (secondary N) is 4. The number of benzene rings is 1. The molecule has 0 aromatic heterocycles. The van der Waals surface area contributed by atoms with Gasteiger partial charge in [-0.25, -0.2) is 4.39 Å². The summed E-state index contributed by atoms with van der Waals surface area (Å²) in [6.45, 7) is 0.466. The molecule has 37 heavy (non-hydrogen) atoms. The molecule has 3 atom stereocenters. The summed E-state index contributed by atoms with van der Waals surface area (Å²) in [4.78, 5) is 63.3. The van der Waals surface area contributed by atoms with E-state index in [2.05, 4.69) is 21.3 Å². The van der Waals surface area contributed by atoms with Gasteiger partial charge < -0.3 is 21.3 Å². The van der Waals surface area contributed by atoms with Crippen LogP contribution in [0.2, 0.25) is 5.02 Å². The number of carbonyl (C=O) groups excluding carboxylic acids is 5. The number of Topliss-reactive ketones (excluding diaryl/α,β-unsaturated/α-hetero) is 1. The monoisotopic (exact) mass is 532 g/mol. The van der Waals surface area contributed by atoms with Crippen LogP contribution in [0.25, 0.3) is 6.08 Å². The van der Waals surface area contributed by atoms with Gasteiger partial charge in [-0.2, -0.15) is 0 Å². The van der Waals surface area contributed by atoms with Crippen molar-refractivity contribution in [3.63, 3.8) is 0 Å². The van der Waals surface area contributed by atoms with Crippen molar-refractivity contribution >= 4 is 47.1 Å². The Bertz CT molecular complexity index is 1120. The van der Waals surface area contributed by atoms with E-state index in [0.717, 1.165) is 37.8 Å². The molecule has 4 rings (SSSR count). The number of hydrogen-bond donors (Lipinski definition) is 4. The summed E-state index contributed by atoms with van der Waals surface area (Å²) in [5, 5.41) is 10.8. The Morgan fingerprint density at radius 3 is 2.43 bits per heavy atom. The maximum Gasteiger partial charge on any atom is 0.289 e. The standard InChI is InChI=1S/C26H30ClFN4O5/c27-17-5-3-15(19(28)13-17)4-8-22(33)31-21(11-14-1-2-14)25(36)32-20(12-16-9-10-29-24(16)35)23(34)26(37)30-18-6-7-18/h3-5,8,13-14,16,18,20-21H,1-2,6-7,9-12H2,(H,29,35)(H,30,37)(H,31,33)(H,32,36)/b8-4+/t16-,20?,21-/m0/s1. The van der Waals surface area contributed by atoms with Crippen molar-refractivity contribution in [2.45, 2.75) is 63.1 Å². The second-order valence-electron chi connectivity index (χ2n) is 9.92. The molecule has 0 spiro atoms. The Morgan fingerprint density at radius 2 is 1.81 bits per heavy atom. The molecule has 11 heteroatoms. The Kier molecular flexibility index (Phi) is 8.58. The molecule has 1 heterocycles. The average molecular weight is 533 g/mol. The fraction of sp³-hybridized carbons (Fsp3) is 0.500. The van der Waals surface area contributed by atoms with Gasteiger partial charge in [0.05, 0.1) is 6.04 Å². The number of halogens is 2.